The maximum absolute atomic E-state index is 13.3. The predicted octanol–water partition coefficient (Wildman–Crippen LogP) is 4.21. The molecule has 0 bridgehead atoms. The number of anilines is 1. The lowest BCUT2D eigenvalue weighted by Crippen LogP contribution is -2.38. The number of para-hydroxylation sites is 1. The number of ether oxygens (including phenoxy) is 2. The van der Waals surface area contributed by atoms with E-state index in [1.807, 2.05) is 84.9 Å². The van der Waals surface area contributed by atoms with E-state index in [9.17, 15) is 9.59 Å². The maximum Gasteiger partial charge on any atom is 0.252 e. The van der Waals surface area contributed by atoms with E-state index in [1.165, 1.54) is 0 Å². The minimum Gasteiger partial charge on any atom is -0.496 e. The molecule has 3 aromatic rings. The first-order valence-electron chi connectivity index (χ1n) is 12.5. The molecule has 2 N–H and O–H groups in total. The summed E-state index contributed by atoms with van der Waals surface area (Å²) < 4.78 is 10.8. The first kappa shape index (κ1) is 26.1. The lowest BCUT2D eigenvalue weighted by atomic mass is 10.0. The van der Waals surface area contributed by atoms with Crippen molar-refractivity contribution >= 4 is 29.2 Å². The lowest BCUT2D eigenvalue weighted by Gasteiger charge is -2.26. The molecule has 37 heavy (non-hydrogen) atoms. The highest BCUT2D eigenvalue weighted by Crippen LogP contribution is 2.25. The van der Waals surface area contributed by atoms with Gasteiger partial charge in [0.05, 0.1) is 20.3 Å². The summed E-state index contributed by atoms with van der Waals surface area (Å²) in [5.74, 6) is 0.469. The van der Waals surface area contributed by atoms with Crippen molar-refractivity contribution in [2.75, 3.05) is 45.3 Å². The predicted molar refractivity (Wildman–Crippen MR) is 146 cm³/mol. The fourth-order valence-electron chi connectivity index (χ4n) is 4.18. The number of rotatable bonds is 10. The minimum atomic E-state index is -0.197. The summed E-state index contributed by atoms with van der Waals surface area (Å²) in [5.41, 5.74) is 3.78. The quantitative estimate of drug-likeness (QED) is 0.323. The molecule has 0 unspecified atom stereocenters. The number of hydrogen-bond donors (Lipinski definition) is 2. The molecule has 0 spiro atoms. The molecule has 0 atom stereocenters. The van der Waals surface area contributed by atoms with E-state index in [0.717, 1.165) is 43.0 Å². The van der Waals surface area contributed by atoms with Gasteiger partial charge in [0.2, 0.25) is 5.91 Å². The molecule has 0 aromatic heterocycles. The van der Waals surface area contributed by atoms with Crippen LogP contribution in [0.2, 0.25) is 0 Å². The molecule has 1 aliphatic rings. The van der Waals surface area contributed by atoms with Gasteiger partial charge < -0.3 is 20.1 Å². The monoisotopic (exact) mass is 499 g/mol. The first-order chi connectivity index (χ1) is 18.1. The van der Waals surface area contributed by atoms with Crippen molar-refractivity contribution in [3.63, 3.8) is 0 Å². The molecule has 1 heterocycles. The third-order valence-corrected chi connectivity index (χ3v) is 6.19. The number of benzene rings is 3. The molecule has 7 heteroatoms. The standard InChI is InChI=1S/C30H33N3O4/c1-36-28-13-6-5-11-25(28)21-27(24-9-3-2-4-10-24)30(35)31-22-23-8-7-12-26(20-23)32-29(34)14-15-33-16-18-37-19-17-33/h2-13,20-21H,14-19,22H2,1H3,(H,31,35)(H,32,34). The van der Waals surface area contributed by atoms with Crippen LogP contribution in [-0.2, 0) is 20.9 Å². The van der Waals surface area contributed by atoms with Gasteiger partial charge >= 0.3 is 0 Å². The zero-order chi connectivity index (χ0) is 25.9. The zero-order valence-electron chi connectivity index (χ0n) is 21.1. The van der Waals surface area contributed by atoms with Gasteiger partial charge in [-0.25, -0.2) is 0 Å². The van der Waals surface area contributed by atoms with Crippen molar-refractivity contribution < 1.29 is 19.1 Å². The molecule has 192 valence electrons. The smallest absolute Gasteiger partial charge is 0.252 e. The van der Waals surface area contributed by atoms with Gasteiger partial charge in [0, 0.05) is 49.4 Å². The number of nitrogens with one attached hydrogen (secondary N) is 2. The number of nitrogens with zero attached hydrogens (tertiary/aromatic N) is 1. The van der Waals surface area contributed by atoms with Crippen LogP contribution in [0.1, 0.15) is 23.1 Å². The third-order valence-electron chi connectivity index (χ3n) is 6.19. The SMILES string of the molecule is COc1ccccc1C=C(C(=O)NCc1cccc(NC(=O)CCN2CCOCC2)c1)c1ccccc1. The molecule has 0 radical (unpaired) electrons. The van der Waals surface area contributed by atoms with Gasteiger partial charge in [-0.3, -0.25) is 14.5 Å². The van der Waals surface area contributed by atoms with E-state index < -0.39 is 0 Å². The van der Waals surface area contributed by atoms with Crippen LogP contribution >= 0.6 is 0 Å². The van der Waals surface area contributed by atoms with Gasteiger partial charge in [0.15, 0.2) is 0 Å². The second kappa shape index (κ2) is 13.4. The van der Waals surface area contributed by atoms with Gasteiger partial charge in [0.1, 0.15) is 5.75 Å². The van der Waals surface area contributed by atoms with Crippen molar-refractivity contribution in [3.8, 4) is 5.75 Å². The van der Waals surface area contributed by atoms with Crippen molar-refractivity contribution in [2.24, 2.45) is 0 Å². The highest BCUT2D eigenvalue weighted by molar-refractivity contribution is 6.24. The second-order valence-corrected chi connectivity index (χ2v) is 8.80. The van der Waals surface area contributed by atoms with Crippen molar-refractivity contribution in [2.45, 2.75) is 13.0 Å². The molecule has 1 fully saturated rings. The van der Waals surface area contributed by atoms with E-state index in [4.69, 9.17) is 9.47 Å². The number of hydrogen-bond acceptors (Lipinski definition) is 5. The molecule has 7 nitrogen and oxygen atoms in total. The normalized spacial score (nSPS) is 14.1. The summed E-state index contributed by atoms with van der Waals surface area (Å²) in [6, 6.07) is 24.7. The van der Waals surface area contributed by atoms with Crippen molar-refractivity contribution in [1.82, 2.24) is 10.2 Å². The van der Waals surface area contributed by atoms with Crippen LogP contribution in [-0.4, -0.2) is 56.7 Å². The van der Waals surface area contributed by atoms with Crippen LogP contribution in [0.25, 0.3) is 11.6 Å². The van der Waals surface area contributed by atoms with Gasteiger partial charge in [-0.05, 0) is 35.4 Å². The van der Waals surface area contributed by atoms with Crippen molar-refractivity contribution in [1.29, 1.82) is 0 Å². The van der Waals surface area contributed by atoms with Crippen LogP contribution in [0.4, 0.5) is 5.69 Å². The fourth-order valence-corrected chi connectivity index (χ4v) is 4.18. The largest absolute Gasteiger partial charge is 0.496 e. The van der Waals surface area contributed by atoms with Crippen LogP contribution in [0.5, 0.6) is 5.75 Å². The first-order valence-corrected chi connectivity index (χ1v) is 12.5. The number of carbonyl (C=O) groups is 2. The van der Waals surface area contributed by atoms with Gasteiger partial charge in [0.25, 0.3) is 5.91 Å². The Morgan fingerprint density at radius 1 is 0.973 bits per heavy atom. The molecule has 0 saturated carbocycles. The number of amides is 2. The number of methoxy groups -OCH3 is 1. The van der Waals surface area contributed by atoms with E-state index in [1.54, 1.807) is 7.11 Å². The zero-order valence-corrected chi connectivity index (χ0v) is 21.1. The fraction of sp³-hybridized carbons (Fsp3) is 0.267. The van der Waals surface area contributed by atoms with Gasteiger partial charge in [-0.1, -0.05) is 60.7 Å². The molecular formula is C30H33N3O4. The Labute approximate surface area is 218 Å². The summed E-state index contributed by atoms with van der Waals surface area (Å²) in [6.45, 7) is 4.20. The van der Waals surface area contributed by atoms with Crippen LogP contribution in [0.15, 0.2) is 78.9 Å². The summed E-state index contributed by atoms with van der Waals surface area (Å²) >= 11 is 0. The topological polar surface area (TPSA) is 79.9 Å². The molecule has 1 saturated heterocycles. The van der Waals surface area contributed by atoms with E-state index in [2.05, 4.69) is 15.5 Å². The Morgan fingerprint density at radius 2 is 1.73 bits per heavy atom. The second-order valence-electron chi connectivity index (χ2n) is 8.80. The molecular weight excluding hydrogens is 466 g/mol. The average molecular weight is 500 g/mol. The van der Waals surface area contributed by atoms with Gasteiger partial charge in [-0.2, -0.15) is 0 Å². The average Bonchev–Trinajstić information content (AvgIpc) is 2.95. The molecule has 1 aliphatic heterocycles. The Hall–Kier alpha value is -3.94. The highest BCUT2D eigenvalue weighted by Gasteiger charge is 2.14. The molecule has 4 rings (SSSR count). The Morgan fingerprint density at radius 3 is 2.51 bits per heavy atom. The Bertz CT molecular complexity index is 1220. The molecule has 3 aromatic carbocycles. The van der Waals surface area contributed by atoms with Crippen LogP contribution in [0, 0.1) is 0 Å². The summed E-state index contributed by atoms with van der Waals surface area (Å²) in [5, 5.41) is 5.99. The number of morpholine rings is 1. The van der Waals surface area contributed by atoms with E-state index in [-0.39, 0.29) is 11.8 Å². The minimum absolute atomic E-state index is 0.0289. The van der Waals surface area contributed by atoms with E-state index in [0.29, 0.717) is 36.5 Å². The molecule has 0 aliphatic carbocycles. The van der Waals surface area contributed by atoms with Crippen LogP contribution < -0.4 is 15.4 Å². The lowest BCUT2D eigenvalue weighted by molar-refractivity contribution is -0.117. The molecule has 2 amide bonds. The highest BCUT2D eigenvalue weighted by atomic mass is 16.5. The summed E-state index contributed by atoms with van der Waals surface area (Å²) in [6.07, 6.45) is 2.27. The van der Waals surface area contributed by atoms with Crippen molar-refractivity contribution in [3.05, 3.63) is 95.6 Å². The maximum atomic E-state index is 13.3. The third kappa shape index (κ3) is 7.77. The van der Waals surface area contributed by atoms with E-state index >= 15 is 0 Å². The van der Waals surface area contributed by atoms with Gasteiger partial charge in [-0.15, -0.1) is 0 Å². The number of carbonyl (C=O) groups excluding carboxylic acids is 2. The Kier molecular flexibility index (Phi) is 9.46. The van der Waals surface area contributed by atoms with Crippen LogP contribution in [0.3, 0.4) is 0 Å². The Balaban J connectivity index is 1.40. The summed E-state index contributed by atoms with van der Waals surface area (Å²) in [4.78, 5) is 28.0. The summed E-state index contributed by atoms with van der Waals surface area (Å²) in [7, 11) is 1.61.